The highest BCUT2D eigenvalue weighted by Gasteiger charge is 2.33. The van der Waals surface area contributed by atoms with Crippen LogP contribution in [0, 0.1) is 0 Å². The molecule has 2 heterocycles. The molecule has 3 amide bonds. The molecule has 2 saturated heterocycles. The minimum Gasteiger partial charge on any atom is -0.342 e. The lowest BCUT2D eigenvalue weighted by molar-refractivity contribution is -0.128. The van der Waals surface area contributed by atoms with Crippen LogP contribution in [0.3, 0.4) is 0 Å². The van der Waals surface area contributed by atoms with E-state index in [0.717, 1.165) is 17.5 Å². The quantitative estimate of drug-likeness (QED) is 0.666. The highest BCUT2D eigenvalue weighted by molar-refractivity contribution is 8.00. The van der Waals surface area contributed by atoms with Gasteiger partial charge in [-0.05, 0) is 35.4 Å². The van der Waals surface area contributed by atoms with Gasteiger partial charge >= 0.3 is 0 Å². The van der Waals surface area contributed by atoms with E-state index < -0.39 is 0 Å². The topological polar surface area (TPSA) is 60.9 Å². The number of hydrogen-bond acceptors (Lipinski definition) is 4. The summed E-state index contributed by atoms with van der Waals surface area (Å²) in [5.41, 5.74) is 2.65. The SMILES string of the molecule is O=CN1CCN(C(=O)c2ccc([C@H]3SCC(=O)N3Cc3ccc(Cl)cc3)cc2)CC1. The summed E-state index contributed by atoms with van der Waals surface area (Å²) in [6, 6.07) is 15.0. The van der Waals surface area contributed by atoms with E-state index >= 15 is 0 Å². The summed E-state index contributed by atoms with van der Waals surface area (Å²) in [6.45, 7) is 2.74. The summed E-state index contributed by atoms with van der Waals surface area (Å²) in [7, 11) is 0. The van der Waals surface area contributed by atoms with Crippen molar-refractivity contribution in [3.8, 4) is 0 Å². The Morgan fingerprint density at radius 2 is 1.70 bits per heavy atom. The van der Waals surface area contributed by atoms with Gasteiger partial charge in [-0.1, -0.05) is 35.9 Å². The van der Waals surface area contributed by atoms with E-state index in [1.807, 2.05) is 53.4 Å². The second kappa shape index (κ2) is 9.10. The first kappa shape index (κ1) is 20.8. The molecule has 0 spiro atoms. The zero-order valence-corrected chi connectivity index (χ0v) is 17.9. The van der Waals surface area contributed by atoms with Gasteiger partial charge in [0.25, 0.3) is 5.91 Å². The average Bonchev–Trinajstić information content (AvgIpc) is 3.15. The lowest BCUT2D eigenvalue weighted by atomic mass is 10.1. The van der Waals surface area contributed by atoms with Crippen molar-refractivity contribution in [1.82, 2.24) is 14.7 Å². The summed E-state index contributed by atoms with van der Waals surface area (Å²) in [5, 5.41) is 0.596. The van der Waals surface area contributed by atoms with E-state index in [2.05, 4.69) is 0 Å². The molecule has 0 aliphatic carbocycles. The van der Waals surface area contributed by atoms with E-state index in [1.165, 1.54) is 0 Å². The molecule has 2 aromatic rings. The van der Waals surface area contributed by atoms with Crippen LogP contribution in [-0.2, 0) is 16.1 Å². The number of carbonyl (C=O) groups is 3. The van der Waals surface area contributed by atoms with Crippen molar-refractivity contribution >= 4 is 41.6 Å². The van der Waals surface area contributed by atoms with Crippen LogP contribution in [0.25, 0.3) is 0 Å². The van der Waals surface area contributed by atoms with E-state index in [-0.39, 0.29) is 17.2 Å². The molecule has 0 aromatic heterocycles. The highest BCUT2D eigenvalue weighted by atomic mass is 35.5. The summed E-state index contributed by atoms with van der Waals surface area (Å²) >= 11 is 7.55. The Balaban J connectivity index is 1.44. The third-order valence-corrected chi connectivity index (χ3v) is 6.94. The molecule has 156 valence electrons. The van der Waals surface area contributed by atoms with Crippen LogP contribution in [0.5, 0.6) is 0 Å². The lowest BCUT2D eigenvalue weighted by Gasteiger charge is -2.32. The number of hydrogen-bond donors (Lipinski definition) is 0. The fourth-order valence-electron chi connectivity index (χ4n) is 3.69. The first-order chi connectivity index (χ1) is 14.5. The van der Waals surface area contributed by atoms with E-state index in [9.17, 15) is 14.4 Å². The second-order valence-corrected chi connectivity index (χ2v) is 8.87. The predicted molar refractivity (Wildman–Crippen MR) is 117 cm³/mol. The molecule has 2 fully saturated rings. The third-order valence-electron chi connectivity index (χ3n) is 5.43. The van der Waals surface area contributed by atoms with Crippen LogP contribution in [0.4, 0.5) is 0 Å². The van der Waals surface area contributed by atoms with Crippen LogP contribution >= 0.6 is 23.4 Å². The Kier molecular flexibility index (Phi) is 6.29. The first-order valence-electron chi connectivity index (χ1n) is 9.79. The predicted octanol–water partition coefficient (Wildman–Crippen LogP) is 3.03. The summed E-state index contributed by atoms with van der Waals surface area (Å²) in [4.78, 5) is 41.4. The van der Waals surface area contributed by atoms with Gasteiger partial charge in [0.1, 0.15) is 5.37 Å². The summed E-state index contributed by atoms with van der Waals surface area (Å²) < 4.78 is 0. The fraction of sp³-hybridized carbons (Fsp3) is 0.318. The average molecular weight is 444 g/mol. The van der Waals surface area contributed by atoms with Crippen molar-refractivity contribution < 1.29 is 14.4 Å². The Hall–Kier alpha value is -2.51. The Bertz CT molecular complexity index is 928. The van der Waals surface area contributed by atoms with Crippen LogP contribution in [0.1, 0.15) is 26.9 Å². The molecule has 0 N–H and O–H groups in total. The van der Waals surface area contributed by atoms with Crippen LogP contribution in [0.15, 0.2) is 48.5 Å². The van der Waals surface area contributed by atoms with E-state index in [4.69, 9.17) is 11.6 Å². The Labute approximate surface area is 184 Å². The molecule has 4 rings (SSSR count). The smallest absolute Gasteiger partial charge is 0.253 e. The van der Waals surface area contributed by atoms with Gasteiger partial charge in [0.05, 0.1) is 5.75 Å². The van der Waals surface area contributed by atoms with Gasteiger partial charge in [0.2, 0.25) is 12.3 Å². The molecule has 30 heavy (non-hydrogen) atoms. The largest absolute Gasteiger partial charge is 0.342 e. The minimum atomic E-state index is -0.0755. The zero-order valence-electron chi connectivity index (χ0n) is 16.4. The number of halogens is 1. The molecule has 8 heteroatoms. The normalized spacial score (nSPS) is 19.3. The van der Waals surface area contributed by atoms with Gasteiger partial charge in [-0.25, -0.2) is 0 Å². The Morgan fingerprint density at radius 3 is 2.33 bits per heavy atom. The van der Waals surface area contributed by atoms with Gasteiger partial charge in [-0.3, -0.25) is 14.4 Å². The van der Waals surface area contributed by atoms with Gasteiger partial charge in [-0.15, -0.1) is 11.8 Å². The second-order valence-electron chi connectivity index (χ2n) is 7.37. The number of nitrogens with zero attached hydrogens (tertiary/aromatic N) is 3. The van der Waals surface area contributed by atoms with Crippen LogP contribution < -0.4 is 0 Å². The molecule has 2 aliphatic rings. The molecule has 0 bridgehead atoms. The van der Waals surface area contributed by atoms with Crippen LogP contribution in [0.2, 0.25) is 5.02 Å². The van der Waals surface area contributed by atoms with Crippen molar-refractivity contribution in [2.45, 2.75) is 11.9 Å². The number of carbonyl (C=O) groups excluding carboxylic acids is 3. The van der Waals surface area contributed by atoms with Crippen molar-refractivity contribution in [2.75, 3.05) is 31.9 Å². The standard InChI is InChI=1S/C22H22ClN3O3S/c23-19-7-1-16(2-8-19)13-26-20(28)14-30-22(26)18-5-3-17(4-6-18)21(29)25-11-9-24(15-27)10-12-25/h1-8,15,22H,9-14H2/t22-/m1/s1. The van der Waals surface area contributed by atoms with Gasteiger partial charge in [-0.2, -0.15) is 0 Å². The van der Waals surface area contributed by atoms with Gasteiger partial charge in [0.15, 0.2) is 0 Å². The number of amides is 3. The molecule has 0 saturated carbocycles. The molecule has 0 unspecified atom stereocenters. The monoisotopic (exact) mass is 443 g/mol. The number of piperazine rings is 1. The van der Waals surface area contributed by atoms with Gasteiger partial charge < -0.3 is 14.7 Å². The van der Waals surface area contributed by atoms with Gasteiger partial charge in [0, 0.05) is 43.3 Å². The van der Waals surface area contributed by atoms with Crippen molar-refractivity contribution in [1.29, 1.82) is 0 Å². The van der Waals surface area contributed by atoms with Crippen molar-refractivity contribution in [3.05, 3.63) is 70.2 Å². The maximum atomic E-state index is 12.8. The molecular formula is C22H22ClN3O3S. The molecular weight excluding hydrogens is 422 g/mol. The first-order valence-corrected chi connectivity index (χ1v) is 11.2. The Morgan fingerprint density at radius 1 is 1.03 bits per heavy atom. The third kappa shape index (κ3) is 4.47. The maximum absolute atomic E-state index is 12.8. The lowest BCUT2D eigenvalue weighted by Crippen LogP contribution is -2.48. The van der Waals surface area contributed by atoms with Crippen LogP contribution in [-0.4, -0.2) is 64.9 Å². The molecule has 2 aliphatic heterocycles. The minimum absolute atomic E-state index is 0.0275. The number of benzene rings is 2. The molecule has 1 atom stereocenters. The summed E-state index contributed by atoms with van der Waals surface area (Å²) in [5.74, 6) is 0.522. The van der Waals surface area contributed by atoms with Crippen molar-refractivity contribution in [3.63, 3.8) is 0 Å². The maximum Gasteiger partial charge on any atom is 0.253 e. The fourth-order valence-corrected chi connectivity index (χ4v) is 5.00. The zero-order chi connectivity index (χ0) is 21.1. The van der Waals surface area contributed by atoms with E-state index in [1.54, 1.807) is 21.6 Å². The molecule has 0 radical (unpaired) electrons. The van der Waals surface area contributed by atoms with Crippen molar-refractivity contribution in [2.24, 2.45) is 0 Å². The molecule has 2 aromatic carbocycles. The number of thioether (sulfide) groups is 1. The van der Waals surface area contributed by atoms with E-state index in [0.29, 0.717) is 49.1 Å². The number of rotatable bonds is 5. The molecule has 6 nitrogen and oxygen atoms in total. The summed E-state index contributed by atoms with van der Waals surface area (Å²) in [6.07, 6.45) is 0.826. The highest BCUT2D eigenvalue weighted by Crippen LogP contribution is 2.39.